The van der Waals surface area contributed by atoms with E-state index in [-0.39, 0.29) is 55.6 Å². The first-order chi connectivity index (χ1) is 12.4. The fourth-order valence-corrected chi connectivity index (χ4v) is 15.6. The summed E-state index contributed by atoms with van der Waals surface area (Å²) < 4.78 is 1.67. The molecule has 0 radical (unpaired) electrons. The van der Waals surface area contributed by atoms with Crippen LogP contribution in [0.1, 0.15) is 6.42 Å². The maximum Gasteiger partial charge on any atom is -1.00 e. The molecule has 0 nitrogen and oxygen atoms in total. The van der Waals surface area contributed by atoms with Gasteiger partial charge in [-0.2, -0.15) is 0 Å². The van der Waals surface area contributed by atoms with Crippen LogP contribution >= 0.6 is 0 Å². The quantitative estimate of drug-likeness (QED) is 0.254. The second-order valence-electron chi connectivity index (χ2n) is 6.30. The van der Waals surface area contributed by atoms with Crippen LogP contribution in [0.5, 0.6) is 0 Å². The smallest absolute Gasteiger partial charge is 1.00 e. The van der Waals surface area contributed by atoms with Crippen molar-refractivity contribution in [3.63, 3.8) is 0 Å². The Morgan fingerprint density at radius 3 is 1.29 bits per heavy atom. The summed E-state index contributed by atoms with van der Waals surface area (Å²) in [6.45, 7) is 0. The molecular weight excluding hydrogens is 459 g/mol. The van der Waals surface area contributed by atoms with Crippen molar-refractivity contribution in [1.82, 2.24) is 0 Å². The van der Waals surface area contributed by atoms with E-state index in [1.165, 1.54) is 0 Å². The summed E-state index contributed by atoms with van der Waals surface area (Å²) in [5.74, 6) is -1.97. The zero-order chi connectivity index (χ0) is 17.0. The minimum Gasteiger partial charge on any atom is -1.00 e. The molecule has 0 fully saturated rings. The molecule has 3 aromatic rings. The van der Waals surface area contributed by atoms with Crippen LogP contribution in [0.2, 0.25) is 0 Å². The Bertz CT molecular complexity index is 800. The van der Waals surface area contributed by atoms with E-state index < -0.39 is 5.94 Å². The van der Waals surface area contributed by atoms with Crippen LogP contribution in [0, 0.1) is 0 Å². The van der Waals surface area contributed by atoms with Crippen molar-refractivity contribution >= 4 is 21.5 Å². The molecule has 0 unspecified atom stereocenters. The van der Waals surface area contributed by atoms with Gasteiger partial charge in [0.1, 0.15) is 0 Å². The van der Waals surface area contributed by atoms with Gasteiger partial charge in [0.15, 0.2) is 0 Å². The third-order valence-electron chi connectivity index (χ3n) is 4.74. The molecule has 4 rings (SSSR count). The summed E-state index contributed by atoms with van der Waals surface area (Å²) in [5, 5.41) is 4.63. The van der Waals surface area contributed by atoms with Gasteiger partial charge in [-0.15, -0.1) is 0 Å². The second kappa shape index (κ2) is 11.8. The van der Waals surface area contributed by atoms with Crippen molar-refractivity contribution in [2.45, 2.75) is 6.42 Å². The Balaban J connectivity index is 0.00000131. The molecule has 0 aliphatic heterocycles. The molecule has 1 aliphatic rings. The van der Waals surface area contributed by atoms with Crippen LogP contribution in [0.3, 0.4) is 0 Å². The van der Waals surface area contributed by atoms with Crippen molar-refractivity contribution in [1.29, 1.82) is 0 Å². The first kappa shape index (κ1) is 25.0. The molecule has 0 aromatic heterocycles. The van der Waals surface area contributed by atoms with Crippen molar-refractivity contribution in [2.24, 2.45) is 0 Å². The Morgan fingerprint density at radius 1 is 0.571 bits per heavy atom. The fraction of sp³-hybridized carbons (Fsp3) is 0.0435. The number of rotatable bonds is 5. The Labute approximate surface area is 195 Å². The maximum absolute atomic E-state index is 2.37. The molecule has 1 aliphatic carbocycles. The molecule has 0 amide bonds. The molecule has 0 atom stereocenters. The normalized spacial score (nSPS) is 11.9. The molecule has 0 bridgehead atoms. The topological polar surface area (TPSA) is 0 Å². The zero-order valence-electron chi connectivity index (χ0n) is 15.2. The molecule has 0 N–H and O–H groups in total. The molecule has 0 saturated carbocycles. The summed E-state index contributed by atoms with van der Waals surface area (Å²) in [5.41, 5.74) is 0. The SMILES string of the molecule is C1=CC[C]([Ti+3][Si](c2ccccc2)(c2ccccc2)c2ccccc2)=C1.[Cl-].[Cl-].[Cl-]. The number of benzene rings is 3. The van der Waals surface area contributed by atoms with Gasteiger partial charge in [-0.3, -0.25) is 0 Å². The second-order valence-corrected chi connectivity index (χ2v) is 15.5. The van der Waals surface area contributed by atoms with Crippen LogP contribution in [-0.2, 0) is 18.4 Å². The van der Waals surface area contributed by atoms with Crippen LogP contribution in [0.4, 0.5) is 0 Å². The van der Waals surface area contributed by atoms with E-state index >= 15 is 0 Å². The van der Waals surface area contributed by atoms with Gasteiger partial charge in [0.05, 0.1) is 0 Å². The minimum absolute atomic E-state index is 0. The average Bonchev–Trinajstić information content (AvgIpc) is 3.21. The Kier molecular flexibility index (Phi) is 10.5. The largest absolute Gasteiger partial charge is 1.00 e. The van der Waals surface area contributed by atoms with E-state index in [1.54, 1.807) is 19.4 Å². The maximum atomic E-state index is 2.37. The van der Waals surface area contributed by atoms with Crippen LogP contribution in [0.15, 0.2) is 113 Å². The van der Waals surface area contributed by atoms with E-state index in [2.05, 4.69) is 109 Å². The van der Waals surface area contributed by atoms with E-state index in [9.17, 15) is 0 Å². The summed E-state index contributed by atoms with van der Waals surface area (Å²) in [4.78, 5) is 0. The van der Waals surface area contributed by atoms with Gasteiger partial charge in [0.2, 0.25) is 0 Å². The number of hydrogen-bond donors (Lipinski definition) is 0. The minimum atomic E-state index is -1.97. The number of hydrogen-bond acceptors (Lipinski definition) is 0. The zero-order valence-corrected chi connectivity index (χ0v) is 20.1. The molecule has 141 valence electrons. The number of allylic oxidation sites excluding steroid dienone is 4. The summed E-state index contributed by atoms with van der Waals surface area (Å²) in [6, 6.07) is 33.8. The molecule has 5 heteroatoms. The molecule has 0 heterocycles. The van der Waals surface area contributed by atoms with Crippen LogP contribution < -0.4 is 52.8 Å². The monoisotopic (exact) mass is 477 g/mol. The standard InChI is InChI=1S/C18H15Si.C5H5.3ClH.Ti/c1-4-10-16(11-5-1)19(17-12-6-2-7-13-17)18-14-8-3-9-15-18;1-2-4-5-3-1;;;;/h1-15H;1-3H,4H2;3*1H;/q;;;;;+3/p-3. The summed E-state index contributed by atoms with van der Waals surface area (Å²) in [6.07, 6.45) is 8.05. The Hall–Kier alpha value is -1.06. The molecular formula is C23H20Cl3SiTi. The predicted octanol–water partition coefficient (Wildman–Crippen LogP) is -5.41. The van der Waals surface area contributed by atoms with E-state index in [1.807, 2.05) is 0 Å². The van der Waals surface area contributed by atoms with Gasteiger partial charge in [0.25, 0.3) is 0 Å². The molecule has 3 aromatic carbocycles. The van der Waals surface area contributed by atoms with Gasteiger partial charge >= 0.3 is 159 Å². The van der Waals surface area contributed by atoms with Crippen molar-refractivity contribution in [2.75, 3.05) is 0 Å². The van der Waals surface area contributed by atoms with Crippen LogP contribution in [0.25, 0.3) is 0 Å². The van der Waals surface area contributed by atoms with E-state index in [0.717, 1.165) is 6.42 Å². The molecule has 0 spiro atoms. The Morgan fingerprint density at radius 2 is 0.964 bits per heavy atom. The fourth-order valence-electron chi connectivity index (χ4n) is 3.56. The van der Waals surface area contributed by atoms with Crippen LogP contribution in [-0.4, -0.2) is 5.94 Å². The number of halogens is 3. The van der Waals surface area contributed by atoms with Crippen molar-refractivity contribution in [3.05, 3.63) is 113 Å². The van der Waals surface area contributed by atoms with Gasteiger partial charge < -0.3 is 37.2 Å². The summed E-state index contributed by atoms with van der Waals surface area (Å²) >= 11 is -0.303. The van der Waals surface area contributed by atoms with E-state index in [4.69, 9.17) is 0 Å². The van der Waals surface area contributed by atoms with Crippen molar-refractivity contribution < 1.29 is 55.6 Å². The summed E-state index contributed by atoms with van der Waals surface area (Å²) in [7, 11) is 0. The van der Waals surface area contributed by atoms with Gasteiger partial charge in [-0.05, 0) is 0 Å². The van der Waals surface area contributed by atoms with E-state index in [0.29, 0.717) is 0 Å². The molecule has 28 heavy (non-hydrogen) atoms. The van der Waals surface area contributed by atoms with Gasteiger partial charge in [-0.25, -0.2) is 0 Å². The van der Waals surface area contributed by atoms with Gasteiger partial charge in [0, 0.05) is 0 Å². The third-order valence-corrected chi connectivity index (χ3v) is 16.9. The molecule has 0 saturated heterocycles. The third kappa shape index (κ3) is 5.10. The average molecular weight is 479 g/mol. The van der Waals surface area contributed by atoms with Gasteiger partial charge in [-0.1, -0.05) is 0 Å². The predicted molar refractivity (Wildman–Crippen MR) is 106 cm³/mol. The first-order valence-corrected chi connectivity index (χ1v) is 13.8. The first-order valence-electron chi connectivity index (χ1n) is 8.70. The van der Waals surface area contributed by atoms with Crippen molar-refractivity contribution in [3.8, 4) is 0 Å².